The van der Waals surface area contributed by atoms with Crippen LogP contribution < -0.4 is 4.74 Å². The van der Waals surface area contributed by atoms with Gasteiger partial charge in [-0.2, -0.15) is 0 Å². The summed E-state index contributed by atoms with van der Waals surface area (Å²) in [5, 5.41) is 0. The molecule has 1 saturated heterocycles. The molecule has 4 heteroatoms. The van der Waals surface area contributed by atoms with Crippen LogP contribution in [0.4, 0.5) is 0 Å². The van der Waals surface area contributed by atoms with Gasteiger partial charge in [-0.1, -0.05) is 36.4 Å². The Hall–Kier alpha value is -2.33. The summed E-state index contributed by atoms with van der Waals surface area (Å²) < 4.78 is 5.21. The smallest absolute Gasteiger partial charge is 0.254 e. The molecule has 0 aromatic heterocycles. The van der Waals surface area contributed by atoms with Crippen molar-refractivity contribution in [3.05, 3.63) is 65.7 Å². The predicted octanol–water partition coefficient (Wildman–Crippen LogP) is 3.09. The lowest BCUT2D eigenvalue weighted by molar-refractivity contribution is 0.0636. The van der Waals surface area contributed by atoms with Crippen LogP contribution in [-0.4, -0.2) is 55.5 Å². The molecular weight excluding hydrogens is 312 g/mol. The molecule has 0 radical (unpaired) electrons. The van der Waals surface area contributed by atoms with E-state index in [4.69, 9.17) is 4.74 Å². The van der Waals surface area contributed by atoms with Gasteiger partial charge >= 0.3 is 0 Å². The Kier molecular flexibility index (Phi) is 6.07. The number of carbonyl (C=O) groups excluding carboxylic acids is 1. The molecule has 1 aliphatic rings. The van der Waals surface area contributed by atoms with Crippen molar-refractivity contribution >= 4 is 5.91 Å². The summed E-state index contributed by atoms with van der Waals surface area (Å²) in [6.07, 6.45) is 2.28. The second kappa shape index (κ2) is 8.67. The van der Waals surface area contributed by atoms with E-state index in [1.54, 1.807) is 7.11 Å². The second-order valence-corrected chi connectivity index (χ2v) is 6.45. The summed E-state index contributed by atoms with van der Waals surface area (Å²) in [4.78, 5) is 17.0. The Morgan fingerprint density at radius 2 is 1.76 bits per heavy atom. The lowest BCUT2D eigenvalue weighted by atomic mass is 10.1. The third kappa shape index (κ3) is 4.83. The van der Waals surface area contributed by atoms with Crippen LogP contribution in [0.3, 0.4) is 0 Å². The van der Waals surface area contributed by atoms with Gasteiger partial charge in [0.25, 0.3) is 5.91 Å². The maximum absolute atomic E-state index is 12.6. The lowest BCUT2D eigenvalue weighted by Crippen LogP contribution is -2.48. The molecule has 0 saturated carbocycles. The van der Waals surface area contributed by atoms with E-state index in [0.717, 1.165) is 51.3 Å². The predicted molar refractivity (Wildman–Crippen MR) is 100 cm³/mol. The van der Waals surface area contributed by atoms with E-state index in [0.29, 0.717) is 5.56 Å². The number of ether oxygens (including phenoxy) is 1. The first-order chi connectivity index (χ1) is 12.3. The molecule has 0 bridgehead atoms. The van der Waals surface area contributed by atoms with Crippen molar-refractivity contribution in [1.82, 2.24) is 9.80 Å². The minimum Gasteiger partial charge on any atom is -0.497 e. The fourth-order valence-corrected chi connectivity index (χ4v) is 3.26. The molecule has 4 nitrogen and oxygen atoms in total. The zero-order valence-electron chi connectivity index (χ0n) is 14.9. The molecule has 1 heterocycles. The highest BCUT2D eigenvalue weighted by Crippen LogP contribution is 2.15. The van der Waals surface area contributed by atoms with Crippen LogP contribution in [0.15, 0.2) is 54.6 Å². The molecule has 2 aromatic rings. The van der Waals surface area contributed by atoms with Crippen LogP contribution in [0.5, 0.6) is 5.75 Å². The van der Waals surface area contributed by atoms with E-state index in [9.17, 15) is 4.79 Å². The minimum absolute atomic E-state index is 0.0998. The van der Waals surface area contributed by atoms with E-state index in [-0.39, 0.29) is 5.91 Å². The van der Waals surface area contributed by atoms with Gasteiger partial charge in [-0.05, 0) is 43.1 Å². The van der Waals surface area contributed by atoms with Crippen LogP contribution in [-0.2, 0) is 6.42 Å². The van der Waals surface area contributed by atoms with Crippen LogP contribution in [0.25, 0.3) is 0 Å². The van der Waals surface area contributed by atoms with Crippen LogP contribution in [0.1, 0.15) is 22.3 Å². The maximum atomic E-state index is 12.6. The number of amides is 1. The monoisotopic (exact) mass is 338 g/mol. The van der Waals surface area contributed by atoms with Crippen molar-refractivity contribution in [3.8, 4) is 5.75 Å². The third-order valence-electron chi connectivity index (χ3n) is 4.76. The molecule has 132 valence electrons. The normalized spacial score (nSPS) is 15.2. The topological polar surface area (TPSA) is 32.8 Å². The first-order valence-corrected chi connectivity index (χ1v) is 8.96. The summed E-state index contributed by atoms with van der Waals surface area (Å²) in [6.45, 7) is 4.58. The Balaban J connectivity index is 1.44. The van der Waals surface area contributed by atoms with E-state index in [1.165, 1.54) is 5.56 Å². The quantitative estimate of drug-likeness (QED) is 0.811. The fraction of sp³-hybridized carbons (Fsp3) is 0.381. The number of piperazine rings is 1. The highest BCUT2D eigenvalue weighted by atomic mass is 16.5. The molecule has 1 amide bonds. The Morgan fingerprint density at radius 3 is 2.48 bits per heavy atom. The molecule has 0 aliphatic carbocycles. The number of carbonyl (C=O) groups is 1. The molecule has 25 heavy (non-hydrogen) atoms. The van der Waals surface area contributed by atoms with Crippen molar-refractivity contribution in [2.45, 2.75) is 12.8 Å². The molecule has 0 N–H and O–H groups in total. The summed E-state index contributed by atoms with van der Waals surface area (Å²) in [5.74, 6) is 0.827. The average molecular weight is 338 g/mol. The molecule has 0 unspecified atom stereocenters. The number of hydrogen-bond acceptors (Lipinski definition) is 3. The SMILES string of the molecule is COc1cccc(C(=O)N2CCN(CCCc3ccccc3)CC2)c1. The number of hydrogen-bond donors (Lipinski definition) is 0. The van der Waals surface area contributed by atoms with Gasteiger partial charge in [0.05, 0.1) is 7.11 Å². The summed E-state index contributed by atoms with van der Waals surface area (Å²) in [5.41, 5.74) is 2.10. The van der Waals surface area contributed by atoms with Gasteiger partial charge in [0.1, 0.15) is 5.75 Å². The summed E-state index contributed by atoms with van der Waals surface area (Å²) in [7, 11) is 1.62. The van der Waals surface area contributed by atoms with Crippen molar-refractivity contribution < 1.29 is 9.53 Å². The highest BCUT2D eigenvalue weighted by molar-refractivity contribution is 5.94. The third-order valence-corrected chi connectivity index (χ3v) is 4.76. The Morgan fingerprint density at radius 1 is 1.00 bits per heavy atom. The van der Waals surface area contributed by atoms with Gasteiger partial charge in [-0.25, -0.2) is 0 Å². The largest absolute Gasteiger partial charge is 0.497 e. The van der Waals surface area contributed by atoms with Crippen LogP contribution in [0.2, 0.25) is 0 Å². The van der Waals surface area contributed by atoms with E-state index in [2.05, 4.69) is 35.2 Å². The number of rotatable bonds is 6. The fourth-order valence-electron chi connectivity index (χ4n) is 3.26. The standard InChI is InChI=1S/C21H26N2O2/c1-25-20-11-5-10-19(17-20)21(24)23-15-13-22(14-16-23)12-6-9-18-7-3-2-4-8-18/h2-5,7-8,10-11,17H,6,9,12-16H2,1H3. The summed E-state index contributed by atoms with van der Waals surface area (Å²) >= 11 is 0. The molecular formula is C21H26N2O2. The van der Waals surface area contributed by atoms with Gasteiger partial charge in [-0.15, -0.1) is 0 Å². The second-order valence-electron chi connectivity index (χ2n) is 6.45. The number of nitrogens with zero attached hydrogens (tertiary/aromatic N) is 2. The van der Waals surface area contributed by atoms with Gasteiger partial charge in [0.2, 0.25) is 0 Å². The van der Waals surface area contributed by atoms with Crippen molar-refractivity contribution in [3.63, 3.8) is 0 Å². The van der Waals surface area contributed by atoms with Gasteiger partial charge in [0.15, 0.2) is 0 Å². The zero-order chi connectivity index (χ0) is 17.5. The maximum Gasteiger partial charge on any atom is 0.254 e. The van der Waals surface area contributed by atoms with Crippen LogP contribution >= 0.6 is 0 Å². The van der Waals surface area contributed by atoms with E-state index < -0.39 is 0 Å². The Labute approximate surface area is 150 Å². The molecule has 1 fully saturated rings. The van der Waals surface area contributed by atoms with Gasteiger partial charge < -0.3 is 9.64 Å². The number of aryl methyl sites for hydroxylation is 1. The molecule has 0 atom stereocenters. The molecule has 2 aromatic carbocycles. The highest BCUT2D eigenvalue weighted by Gasteiger charge is 2.22. The lowest BCUT2D eigenvalue weighted by Gasteiger charge is -2.34. The van der Waals surface area contributed by atoms with Crippen LogP contribution in [0, 0.1) is 0 Å². The number of methoxy groups -OCH3 is 1. The van der Waals surface area contributed by atoms with Crippen molar-refractivity contribution in [2.75, 3.05) is 39.8 Å². The molecule has 1 aliphatic heterocycles. The minimum atomic E-state index is 0.0998. The van der Waals surface area contributed by atoms with Crippen molar-refractivity contribution in [1.29, 1.82) is 0 Å². The first-order valence-electron chi connectivity index (χ1n) is 8.96. The first kappa shape index (κ1) is 17.5. The summed E-state index contributed by atoms with van der Waals surface area (Å²) in [6, 6.07) is 18.0. The van der Waals surface area contributed by atoms with Gasteiger partial charge in [-0.3, -0.25) is 9.69 Å². The molecule has 3 rings (SSSR count). The van der Waals surface area contributed by atoms with E-state index >= 15 is 0 Å². The Bertz CT molecular complexity index is 679. The molecule has 0 spiro atoms. The zero-order valence-corrected chi connectivity index (χ0v) is 14.9. The van der Waals surface area contributed by atoms with Crippen molar-refractivity contribution in [2.24, 2.45) is 0 Å². The number of benzene rings is 2. The van der Waals surface area contributed by atoms with Gasteiger partial charge in [0, 0.05) is 31.7 Å². The van der Waals surface area contributed by atoms with E-state index in [1.807, 2.05) is 29.2 Å². The average Bonchev–Trinajstić information content (AvgIpc) is 2.69.